The Balaban J connectivity index is 2.06. The van der Waals surface area contributed by atoms with E-state index in [2.05, 4.69) is 24.4 Å². The average molecular weight is 313 g/mol. The fourth-order valence-electron chi connectivity index (χ4n) is 2.32. The second kappa shape index (κ2) is 8.22. The second-order valence-corrected chi connectivity index (χ2v) is 5.32. The number of carbonyl (C=O) groups excluding carboxylic acids is 1. The van der Waals surface area contributed by atoms with Gasteiger partial charge in [0.1, 0.15) is 0 Å². The molecule has 4 heteroatoms. The number of anilines is 1. The first-order chi connectivity index (χ1) is 11.2. The highest BCUT2D eigenvalue weighted by molar-refractivity contribution is 6.04. The summed E-state index contributed by atoms with van der Waals surface area (Å²) in [6.45, 7) is 2.18. The Hall–Kier alpha value is -2.49. The van der Waals surface area contributed by atoms with Crippen LogP contribution in [-0.2, 0) is 6.42 Å². The molecule has 0 spiro atoms. The molecule has 4 nitrogen and oxygen atoms in total. The number of benzene rings is 2. The molecule has 0 atom stereocenters. The zero-order valence-corrected chi connectivity index (χ0v) is 13.9. The van der Waals surface area contributed by atoms with Crippen LogP contribution in [0.2, 0.25) is 0 Å². The van der Waals surface area contributed by atoms with Crippen LogP contribution in [-0.4, -0.2) is 20.1 Å². The second-order valence-electron chi connectivity index (χ2n) is 5.32. The molecule has 0 aliphatic heterocycles. The van der Waals surface area contributed by atoms with E-state index < -0.39 is 0 Å². The SMILES string of the molecule is CCCCc1ccc(NC(=O)c2ccc(OC)c(OC)c2)cc1. The maximum Gasteiger partial charge on any atom is 0.255 e. The predicted octanol–water partition coefficient (Wildman–Crippen LogP) is 4.30. The van der Waals surface area contributed by atoms with E-state index in [1.807, 2.05) is 12.1 Å². The third-order valence-electron chi connectivity index (χ3n) is 3.68. The van der Waals surface area contributed by atoms with Crippen molar-refractivity contribution >= 4 is 11.6 Å². The quantitative estimate of drug-likeness (QED) is 0.829. The van der Waals surface area contributed by atoms with E-state index in [9.17, 15) is 4.79 Å². The number of unbranched alkanes of at least 4 members (excludes halogenated alkanes) is 1. The van der Waals surface area contributed by atoms with E-state index in [4.69, 9.17) is 9.47 Å². The van der Waals surface area contributed by atoms with Gasteiger partial charge in [0.25, 0.3) is 5.91 Å². The van der Waals surface area contributed by atoms with Crippen LogP contribution in [0.3, 0.4) is 0 Å². The lowest BCUT2D eigenvalue weighted by Crippen LogP contribution is -2.12. The van der Waals surface area contributed by atoms with Gasteiger partial charge in [-0.2, -0.15) is 0 Å². The van der Waals surface area contributed by atoms with Crippen molar-refractivity contribution in [2.24, 2.45) is 0 Å². The fourth-order valence-corrected chi connectivity index (χ4v) is 2.32. The van der Waals surface area contributed by atoms with Gasteiger partial charge in [0.05, 0.1) is 14.2 Å². The number of nitrogens with one attached hydrogen (secondary N) is 1. The van der Waals surface area contributed by atoms with Gasteiger partial charge in [0.2, 0.25) is 0 Å². The van der Waals surface area contributed by atoms with Crippen molar-refractivity contribution in [1.82, 2.24) is 0 Å². The van der Waals surface area contributed by atoms with Gasteiger partial charge in [-0.05, 0) is 48.7 Å². The highest BCUT2D eigenvalue weighted by Crippen LogP contribution is 2.27. The lowest BCUT2D eigenvalue weighted by Gasteiger charge is -2.10. The van der Waals surface area contributed by atoms with Gasteiger partial charge in [0, 0.05) is 11.3 Å². The Morgan fingerprint density at radius 2 is 1.70 bits per heavy atom. The minimum atomic E-state index is -0.174. The van der Waals surface area contributed by atoms with Gasteiger partial charge >= 0.3 is 0 Å². The Kier molecular flexibility index (Phi) is 6.03. The van der Waals surface area contributed by atoms with Gasteiger partial charge < -0.3 is 14.8 Å². The third kappa shape index (κ3) is 4.49. The molecule has 122 valence electrons. The molecule has 0 heterocycles. The first kappa shape index (κ1) is 16.9. The van der Waals surface area contributed by atoms with Gasteiger partial charge in [-0.25, -0.2) is 0 Å². The molecule has 0 saturated heterocycles. The Labute approximate surface area is 137 Å². The monoisotopic (exact) mass is 313 g/mol. The largest absolute Gasteiger partial charge is 0.493 e. The molecule has 1 N–H and O–H groups in total. The van der Waals surface area contributed by atoms with Crippen LogP contribution < -0.4 is 14.8 Å². The number of hydrogen-bond acceptors (Lipinski definition) is 3. The number of amides is 1. The van der Waals surface area contributed by atoms with Crippen molar-refractivity contribution in [3.8, 4) is 11.5 Å². The van der Waals surface area contributed by atoms with Crippen LogP contribution in [0.15, 0.2) is 42.5 Å². The smallest absolute Gasteiger partial charge is 0.255 e. The van der Waals surface area contributed by atoms with E-state index in [1.165, 1.54) is 18.4 Å². The summed E-state index contributed by atoms with van der Waals surface area (Å²) in [6.07, 6.45) is 3.43. The first-order valence-electron chi connectivity index (χ1n) is 7.80. The van der Waals surface area contributed by atoms with Gasteiger partial charge in [-0.1, -0.05) is 25.5 Å². The van der Waals surface area contributed by atoms with Crippen LogP contribution >= 0.6 is 0 Å². The minimum absolute atomic E-state index is 0.174. The maximum atomic E-state index is 12.3. The molecule has 0 unspecified atom stereocenters. The molecule has 0 aliphatic rings. The fraction of sp³-hybridized carbons (Fsp3) is 0.316. The van der Waals surface area contributed by atoms with Gasteiger partial charge in [-0.3, -0.25) is 4.79 Å². The van der Waals surface area contributed by atoms with Crippen molar-refractivity contribution in [2.45, 2.75) is 26.2 Å². The topological polar surface area (TPSA) is 47.6 Å². The molecule has 0 fully saturated rings. The van der Waals surface area contributed by atoms with Crippen LogP contribution in [0.4, 0.5) is 5.69 Å². The van der Waals surface area contributed by atoms with E-state index in [-0.39, 0.29) is 5.91 Å². The lowest BCUT2D eigenvalue weighted by molar-refractivity contribution is 0.102. The van der Waals surface area contributed by atoms with Gasteiger partial charge in [-0.15, -0.1) is 0 Å². The molecule has 2 rings (SSSR count). The summed E-state index contributed by atoms with van der Waals surface area (Å²) >= 11 is 0. The summed E-state index contributed by atoms with van der Waals surface area (Å²) in [5, 5.41) is 2.89. The average Bonchev–Trinajstić information content (AvgIpc) is 2.60. The number of hydrogen-bond donors (Lipinski definition) is 1. The highest BCUT2D eigenvalue weighted by atomic mass is 16.5. The highest BCUT2D eigenvalue weighted by Gasteiger charge is 2.11. The Morgan fingerprint density at radius 1 is 1.00 bits per heavy atom. The molecule has 2 aromatic rings. The number of rotatable bonds is 7. The number of ether oxygens (including phenoxy) is 2. The van der Waals surface area contributed by atoms with Crippen molar-refractivity contribution in [1.29, 1.82) is 0 Å². The molecular weight excluding hydrogens is 290 g/mol. The van der Waals surface area contributed by atoms with Crippen molar-refractivity contribution in [3.63, 3.8) is 0 Å². The molecule has 0 saturated carbocycles. The minimum Gasteiger partial charge on any atom is -0.493 e. The van der Waals surface area contributed by atoms with Crippen molar-refractivity contribution < 1.29 is 14.3 Å². The zero-order valence-electron chi connectivity index (χ0n) is 13.9. The van der Waals surface area contributed by atoms with Crippen LogP contribution in [0.5, 0.6) is 11.5 Å². The predicted molar refractivity (Wildman–Crippen MR) is 92.6 cm³/mol. The Morgan fingerprint density at radius 3 is 2.30 bits per heavy atom. The summed E-state index contributed by atoms with van der Waals surface area (Å²) in [5.74, 6) is 0.964. The van der Waals surface area contributed by atoms with E-state index in [0.29, 0.717) is 17.1 Å². The molecule has 2 aromatic carbocycles. The molecular formula is C19H23NO3. The van der Waals surface area contributed by atoms with Crippen LogP contribution in [0, 0.1) is 0 Å². The lowest BCUT2D eigenvalue weighted by atomic mass is 10.1. The van der Waals surface area contributed by atoms with Crippen LogP contribution in [0.1, 0.15) is 35.7 Å². The molecule has 0 radical (unpaired) electrons. The Bertz CT molecular complexity index is 650. The summed E-state index contributed by atoms with van der Waals surface area (Å²) in [7, 11) is 3.12. The van der Waals surface area contributed by atoms with Crippen molar-refractivity contribution in [3.05, 3.63) is 53.6 Å². The van der Waals surface area contributed by atoms with E-state index in [1.54, 1.807) is 32.4 Å². The van der Waals surface area contributed by atoms with E-state index >= 15 is 0 Å². The molecule has 1 amide bonds. The van der Waals surface area contributed by atoms with Crippen LogP contribution in [0.25, 0.3) is 0 Å². The summed E-state index contributed by atoms with van der Waals surface area (Å²) < 4.78 is 10.4. The maximum absolute atomic E-state index is 12.3. The standard InChI is InChI=1S/C19H23NO3/c1-4-5-6-14-7-10-16(11-8-14)20-19(21)15-9-12-17(22-2)18(13-15)23-3/h7-13H,4-6H2,1-3H3,(H,20,21). The number of carbonyl (C=O) groups is 1. The molecule has 0 aliphatic carbocycles. The third-order valence-corrected chi connectivity index (χ3v) is 3.68. The summed E-state index contributed by atoms with van der Waals surface area (Å²) in [6, 6.07) is 13.1. The van der Waals surface area contributed by atoms with E-state index in [0.717, 1.165) is 12.1 Å². The normalized spacial score (nSPS) is 10.2. The zero-order chi connectivity index (χ0) is 16.7. The number of aryl methyl sites for hydroxylation is 1. The first-order valence-corrected chi connectivity index (χ1v) is 7.80. The summed E-state index contributed by atoms with van der Waals surface area (Å²) in [4.78, 5) is 12.3. The molecule has 0 bridgehead atoms. The number of methoxy groups -OCH3 is 2. The van der Waals surface area contributed by atoms with Gasteiger partial charge in [0.15, 0.2) is 11.5 Å². The molecule has 23 heavy (non-hydrogen) atoms. The summed E-state index contributed by atoms with van der Waals surface area (Å²) in [5.41, 5.74) is 2.60. The molecule has 0 aromatic heterocycles. The van der Waals surface area contributed by atoms with Crippen molar-refractivity contribution in [2.75, 3.05) is 19.5 Å².